The molecule has 3 aromatic rings. The van der Waals surface area contributed by atoms with E-state index in [0.29, 0.717) is 11.5 Å². The highest BCUT2D eigenvalue weighted by atomic mass is 16.5. The normalized spacial score (nSPS) is 10.3. The topological polar surface area (TPSA) is 31.4 Å². The van der Waals surface area contributed by atoms with Crippen LogP contribution in [0.5, 0.6) is 11.5 Å². The maximum atomic E-state index is 5.44. The third kappa shape index (κ3) is 2.66. The molecule has 110 valence electrons. The van der Waals surface area contributed by atoms with E-state index in [0.717, 1.165) is 22.4 Å². The summed E-state index contributed by atoms with van der Waals surface area (Å²) in [5.41, 5.74) is 4.10. The summed E-state index contributed by atoms with van der Waals surface area (Å²) in [6.45, 7) is 0. The van der Waals surface area contributed by atoms with E-state index in [1.807, 2.05) is 48.5 Å². The fourth-order valence-electron chi connectivity index (χ4n) is 2.47. The number of aromatic nitrogens is 1. The summed E-state index contributed by atoms with van der Waals surface area (Å²) in [4.78, 5) is 4.47. The van der Waals surface area contributed by atoms with E-state index >= 15 is 0 Å². The van der Waals surface area contributed by atoms with Gasteiger partial charge < -0.3 is 9.47 Å². The fraction of sp³-hybridized carbons (Fsp3) is 0.105. The van der Waals surface area contributed by atoms with E-state index < -0.39 is 0 Å². The molecule has 0 fully saturated rings. The van der Waals surface area contributed by atoms with Crippen LogP contribution in [0.3, 0.4) is 0 Å². The monoisotopic (exact) mass is 291 g/mol. The van der Waals surface area contributed by atoms with Crippen molar-refractivity contribution in [2.75, 3.05) is 14.2 Å². The largest absolute Gasteiger partial charge is 0.493 e. The second-order valence-electron chi connectivity index (χ2n) is 4.83. The van der Waals surface area contributed by atoms with Gasteiger partial charge in [-0.15, -0.1) is 0 Å². The zero-order valence-electron chi connectivity index (χ0n) is 12.6. The number of rotatable bonds is 4. The lowest BCUT2D eigenvalue weighted by molar-refractivity contribution is 0.355. The van der Waals surface area contributed by atoms with Crippen LogP contribution in [0.2, 0.25) is 0 Å². The van der Waals surface area contributed by atoms with Crippen molar-refractivity contribution in [3.63, 3.8) is 0 Å². The first-order valence-corrected chi connectivity index (χ1v) is 7.06. The average Bonchev–Trinajstić information content (AvgIpc) is 2.62. The van der Waals surface area contributed by atoms with Gasteiger partial charge in [-0.1, -0.05) is 36.4 Å². The van der Waals surface area contributed by atoms with Crippen LogP contribution in [0.15, 0.2) is 66.9 Å². The summed E-state index contributed by atoms with van der Waals surface area (Å²) in [5, 5.41) is 0. The molecule has 0 saturated carbocycles. The van der Waals surface area contributed by atoms with E-state index in [1.54, 1.807) is 20.4 Å². The molecule has 22 heavy (non-hydrogen) atoms. The van der Waals surface area contributed by atoms with Gasteiger partial charge in [0.15, 0.2) is 11.5 Å². The van der Waals surface area contributed by atoms with Gasteiger partial charge in [0.05, 0.1) is 19.9 Å². The van der Waals surface area contributed by atoms with Crippen LogP contribution in [-0.4, -0.2) is 19.2 Å². The van der Waals surface area contributed by atoms with Crippen molar-refractivity contribution in [1.82, 2.24) is 4.98 Å². The molecule has 3 heteroatoms. The minimum absolute atomic E-state index is 0.697. The van der Waals surface area contributed by atoms with Gasteiger partial charge in [0.1, 0.15) is 0 Å². The molecule has 2 aromatic carbocycles. The van der Waals surface area contributed by atoms with Gasteiger partial charge in [0.25, 0.3) is 0 Å². The van der Waals surface area contributed by atoms with Gasteiger partial charge in [-0.2, -0.15) is 0 Å². The Bertz CT molecular complexity index is 689. The van der Waals surface area contributed by atoms with Gasteiger partial charge in [-0.3, -0.25) is 4.98 Å². The van der Waals surface area contributed by atoms with Gasteiger partial charge in [-0.25, -0.2) is 0 Å². The molecule has 3 rings (SSSR count). The van der Waals surface area contributed by atoms with Crippen molar-refractivity contribution in [3.8, 4) is 33.9 Å². The number of hydrogen-bond acceptors (Lipinski definition) is 3. The van der Waals surface area contributed by atoms with E-state index in [9.17, 15) is 0 Å². The van der Waals surface area contributed by atoms with Crippen molar-refractivity contribution in [1.29, 1.82) is 0 Å². The van der Waals surface area contributed by atoms with Crippen molar-refractivity contribution in [3.05, 3.63) is 66.9 Å². The third-order valence-corrected chi connectivity index (χ3v) is 3.55. The van der Waals surface area contributed by atoms with Crippen LogP contribution in [-0.2, 0) is 0 Å². The number of ether oxygens (including phenoxy) is 2. The molecule has 1 heterocycles. The predicted molar refractivity (Wildman–Crippen MR) is 88.2 cm³/mol. The summed E-state index contributed by atoms with van der Waals surface area (Å²) in [5.74, 6) is 1.41. The van der Waals surface area contributed by atoms with Gasteiger partial charge >= 0.3 is 0 Å². The number of pyridine rings is 1. The standard InChI is InChI=1S/C19H17NO2/c1-21-18-12-15(14-8-4-3-5-9-14)16(13-19(18)22-2)17-10-6-7-11-20-17/h3-13H,1-2H3. The van der Waals surface area contributed by atoms with Crippen LogP contribution in [0.1, 0.15) is 0 Å². The molecule has 0 radical (unpaired) electrons. The van der Waals surface area contributed by atoms with Gasteiger partial charge in [-0.05, 0) is 35.4 Å². The summed E-state index contributed by atoms with van der Waals surface area (Å²) >= 11 is 0. The Kier molecular flexibility index (Phi) is 4.05. The Hall–Kier alpha value is -2.81. The highest BCUT2D eigenvalue weighted by molar-refractivity contribution is 5.84. The SMILES string of the molecule is COc1cc(-c2ccccc2)c(-c2ccccn2)cc1OC. The van der Waals surface area contributed by atoms with Crippen molar-refractivity contribution in [2.24, 2.45) is 0 Å². The zero-order chi connectivity index (χ0) is 15.4. The molecule has 0 amide bonds. The molecule has 1 aromatic heterocycles. The van der Waals surface area contributed by atoms with E-state index in [1.165, 1.54) is 0 Å². The predicted octanol–water partition coefficient (Wildman–Crippen LogP) is 4.43. The first-order valence-electron chi connectivity index (χ1n) is 7.06. The quantitative estimate of drug-likeness (QED) is 0.712. The second-order valence-corrected chi connectivity index (χ2v) is 4.83. The fourth-order valence-corrected chi connectivity index (χ4v) is 2.47. The summed E-state index contributed by atoms with van der Waals surface area (Å²) < 4.78 is 10.9. The maximum Gasteiger partial charge on any atom is 0.161 e. The molecular formula is C19H17NO2. The van der Waals surface area contributed by atoms with E-state index in [-0.39, 0.29) is 0 Å². The highest BCUT2D eigenvalue weighted by Crippen LogP contribution is 2.39. The van der Waals surface area contributed by atoms with Crippen LogP contribution in [0.4, 0.5) is 0 Å². The molecule has 0 aliphatic carbocycles. The molecule has 0 atom stereocenters. The Labute approximate surface area is 130 Å². The Morgan fingerprint density at radius 1 is 0.727 bits per heavy atom. The number of hydrogen-bond donors (Lipinski definition) is 0. The molecule has 0 aliphatic heterocycles. The summed E-state index contributed by atoms with van der Waals surface area (Å²) in [6, 6.07) is 20.1. The lowest BCUT2D eigenvalue weighted by atomic mass is 9.96. The lowest BCUT2D eigenvalue weighted by Crippen LogP contribution is -1.94. The summed E-state index contributed by atoms with van der Waals surface area (Å²) in [7, 11) is 3.29. The molecule has 3 nitrogen and oxygen atoms in total. The molecule has 0 saturated heterocycles. The third-order valence-electron chi connectivity index (χ3n) is 3.55. The number of methoxy groups -OCH3 is 2. The Balaban J connectivity index is 2.26. The van der Waals surface area contributed by atoms with Crippen LogP contribution >= 0.6 is 0 Å². The Morgan fingerprint density at radius 3 is 1.95 bits per heavy atom. The highest BCUT2D eigenvalue weighted by Gasteiger charge is 2.14. The zero-order valence-corrected chi connectivity index (χ0v) is 12.6. The maximum absolute atomic E-state index is 5.44. The van der Waals surface area contributed by atoms with Crippen molar-refractivity contribution < 1.29 is 9.47 Å². The average molecular weight is 291 g/mol. The second kappa shape index (κ2) is 6.31. The minimum Gasteiger partial charge on any atom is -0.493 e. The minimum atomic E-state index is 0.697. The van der Waals surface area contributed by atoms with Gasteiger partial charge in [0.2, 0.25) is 0 Å². The van der Waals surface area contributed by atoms with Crippen LogP contribution in [0, 0.1) is 0 Å². The molecule has 0 spiro atoms. The Morgan fingerprint density at radius 2 is 1.36 bits per heavy atom. The van der Waals surface area contributed by atoms with Crippen LogP contribution < -0.4 is 9.47 Å². The van der Waals surface area contributed by atoms with Crippen LogP contribution in [0.25, 0.3) is 22.4 Å². The van der Waals surface area contributed by atoms with E-state index in [2.05, 4.69) is 17.1 Å². The van der Waals surface area contributed by atoms with E-state index in [4.69, 9.17) is 9.47 Å². The molecule has 0 bridgehead atoms. The first-order chi connectivity index (χ1) is 10.8. The molecule has 0 aliphatic rings. The smallest absolute Gasteiger partial charge is 0.161 e. The molecular weight excluding hydrogens is 274 g/mol. The molecule has 0 N–H and O–H groups in total. The number of benzene rings is 2. The van der Waals surface area contributed by atoms with Crippen molar-refractivity contribution >= 4 is 0 Å². The number of nitrogens with zero attached hydrogens (tertiary/aromatic N) is 1. The first kappa shape index (κ1) is 14.1. The lowest BCUT2D eigenvalue weighted by Gasteiger charge is -2.15. The summed E-state index contributed by atoms with van der Waals surface area (Å²) in [6.07, 6.45) is 1.79. The van der Waals surface area contributed by atoms with Crippen molar-refractivity contribution in [2.45, 2.75) is 0 Å². The molecule has 0 unspecified atom stereocenters. The van der Waals surface area contributed by atoms with Gasteiger partial charge in [0, 0.05) is 11.8 Å².